The first-order chi connectivity index (χ1) is 9.95. The number of hydrogen-bond donors (Lipinski definition) is 1. The number of carbonyl (C=O) groups is 1. The zero-order valence-corrected chi connectivity index (χ0v) is 13.3. The lowest BCUT2D eigenvalue weighted by Crippen LogP contribution is -2.34. The molecule has 1 heterocycles. The molecule has 0 spiro atoms. The first-order valence-corrected chi connectivity index (χ1v) is 7.44. The average molecular weight is 288 g/mol. The molecule has 0 aliphatic rings. The van der Waals surface area contributed by atoms with Gasteiger partial charge in [0.25, 0.3) is 0 Å². The van der Waals surface area contributed by atoms with Crippen LogP contribution in [0, 0.1) is 6.92 Å². The average Bonchev–Trinajstić information content (AvgIpc) is 2.68. The van der Waals surface area contributed by atoms with Crippen molar-refractivity contribution < 1.29 is 9.90 Å². The topological polar surface area (TPSA) is 45.5 Å². The number of aliphatic carboxylic acids is 1. The van der Waals surface area contributed by atoms with Crippen molar-refractivity contribution in [1.82, 2.24) is 9.47 Å². The molecule has 1 N–H and O–H groups in total. The summed E-state index contributed by atoms with van der Waals surface area (Å²) in [6, 6.07) is 8.42. The van der Waals surface area contributed by atoms with Crippen molar-refractivity contribution in [3.8, 4) is 0 Å². The Morgan fingerprint density at radius 1 is 1.38 bits per heavy atom. The van der Waals surface area contributed by atoms with Crippen LogP contribution in [0.25, 0.3) is 10.9 Å². The highest BCUT2D eigenvalue weighted by Crippen LogP contribution is 2.26. The second-order valence-electron chi connectivity index (χ2n) is 5.66. The van der Waals surface area contributed by atoms with E-state index in [1.165, 1.54) is 22.2 Å². The van der Waals surface area contributed by atoms with Gasteiger partial charge >= 0.3 is 5.97 Å². The van der Waals surface area contributed by atoms with E-state index in [0.717, 1.165) is 13.1 Å². The van der Waals surface area contributed by atoms with E-state index in [-0.39, 0.29) is 12.5 Å². The van der Waals surface area contributed by atoms with Crippen LogP contribution in [-0.4, -0.2) is 33.1 Å². The summed E-state index contributed by atoms with van der Waals surface area (Å²) in [4.78, 5) is 13.1. The Labute approximate surface area is 126 Å². The summed E-state index contributed by atoms with van der Waals surface area (Å²) in [6.07, 6.45) is 0.177. The maximum Gasteiger partial charge on any atom is 0.304 e. The van der Waals surface area contributed by atoms with Gasteiger partial charge in [-0.05, 0) is 32.0 Å². The van der Waals surface area contributed by atoms with E-state index in [1.807, 2.05) is 6.92 Å². The molecule has 4 heteroatoms. The predicted octanol–water partition coefficient (Wildman–Crippen LogP) is 3.17. The molecule has 1 atom stereocenters. The monoisotopic (exact) mass is 288 g/mol. The lowest BCUT2D eigenvalue weighted by Gasteiger charge is -2.27. The standard InChI is InChI=1S/C17H24N2O2/c1-5-19(12(2)10-17(20)21)11-16-13(3)14-8-6-7-9-15(14)18(16)4/h6-9,12H,5,10-11H2,1-4H3,(H,20,21). The van der Waals surface area contributed by atoms with Crippen molar-refractivity contribution in [2.75, 3.05) is 6.54 Å². The maximum atomic E-state index is 10.9. The van der Waals surface area contributed by atoms with Gasteiger partial charge in [-0.1, -0.05) is 25.1 Å². The third-order valence-corrected chi connectivity index (χ3v) is 4.36. The second-order valence-corrected chi connectivity index (χ2v) is 5.66. The lowest BCUT2D eigenvalue weighted by atomic mass is 10.1. The number of fused-ring (bicyclic) bond motifs is 1. The number of aromatic nitrogens is 1. The van der Waals surface area contributed by atoms with E-state index in [2.05, 4.69) is 54.6 Å². The van der Waals surface area contributed by atoms with E-state index < -0.39 is 5.97 Å². The first-order valence-electron chi connectivity index (χ1n) is 7.44. The minimum absolute atomic E-state index is 0.0323. The van der Waals surface area contributed by atoms with Crippen LogP contribution in [0.5, 0.6) is 0 Å². The summed E-state index contributed by atoms with van der Waals surface area (Å²) in [5.74, 6) is -0.741. The van der Waals surface area contributed by atoms with Crippen LogP contribution in [0.1, 0.15) is 31.5 Å². The summed E-state index contributed by atoms with van der Waals surface area (Å²) in [5, 5.41) is 10.3. The highest BCUT2D eigenvalue weighted by molar-refractivity contribution is 5.85. The highest BCUT2D eigenvalue weighted by Gasteiger charge is 2.19. The fourth-order valence-corrected chi connectivity index (χ4v) is 3.01. The van der Waals surface area contributed by atoms with Gasteiger partial charge in [0, 0.05) is 36.2 Å². The second kappa shape index (κ2) is 6.31. The number of aryl methyl sites for hydroxylation is 2. The zero-order valence-electron chi connectivity index (χ0n) is 13.3. The molecule has 4 nitrogen and oxygen atoms in total. The molecule has 1 aromatic heterocycles. The molecule has 2 aromatic rings. The lowest BCUT2D eigenvalue weighted by molar-refractivity contribution is -0.138. The molecule has 0 aliphatic carbocycles. The molecule has 2 rings (SSSR count). The van der Waals surface area contributed by atoms with Crippen LogP contribution in [0.15, 0.2) is 24.3 Å². The van der Waals surface area contributed by atoms with E-state index in [9.17, 15) is 4.79 Å². The predicted molar refractivity (Wildman–Crippen MR) is 85.5 cm³/mol. The zero-order chi connectivity index (χ0) is 15.6. The van der Waals surface area contributed by atoms with Gasteiger partial charge in [-0.25, -0.2) is 0 Å². The fourth-order valence-electron chi connectivity index (χ4n) is 3.01. The molecule has 0 radical (unpaired) electrons. The Kier molecular flexibility index (Phi) is 4.68. The fraction of sp³-hybridized carbons (Fsp3) is 0.471. The summed E-state index contributed by atoms with van der Waals surface area (Å²) < 4.78 is 2.22. The minimum atomic E-state index is -0.741. The Bertz CT molecular complexity index is 607. The Morgan fingerprint density at radius 2 is 2.05 bits per heavy atom. The molecule has 21 heavy (non-hydrogen) atoms. The molecule has 0 saturated carbocycles. The number of para-hydroxylation sites is 1. The number of nitrogens with zero attached hydrogens (tertiary/aromatic N) is 2. The van der Waals surface area contributed by atoms with Crippen LogP contribution in [0.3, 0.4) is 0 Å². The van der Waals surface area contributed by atoms with Crippen LogP contribution in [0.2, 0.25) is 0 Å². The molecule has 0 amide bonds. The number of rotatable bonds is 6. The molecule has 0 fully saturated rings. The normalized spacial score (nSPS) is 13.0. The summed E-state index contributed by atoms with van der Waals surface area (Å²) in [5.41, 5.74) is 3.77. The Hall–Kier alpha value is -1.81. The van der Waals surface area contributed by atoms with Gasteiger partial charge in [0.2, 0.25) is 0 Å². The number of benzene rings is 1. The third kappa shape index (κ3) is 3.10. The number of carboxylic acids is 1. The van der Waals surface area contributed by atoms with Gasteiger partial charge in [-0.2, -0.15) is 0 Å². The quantitative estimate of drug-likeness (QED) is 0.888. The van der Waals surface area contributed by atoms with Crippen LogP contribution >= 0.6 is 0 Å². The molecule has 0 saturated heterocycles. The Morgan fingerprint density at radius 3 is 2.62 bits per heavy atom. The maximum absolute atomic E-state index is 10.9. The molecule has 114 valence electrons. The van der Waals surface area contributed by atoms with E-state index in [4.69, 9.17) is 5.11 Å². The number of carboxylic acid groups (broad SMARTS) is 1. The molecule has 1 aromatic carbocycles. The van der Waals surface area contributed by atoms with Crippen molar-refractivity contribution in [1.29, 1.82) is 0 Å². The molecule has 1 unspecified atom stereocenters. The Balaban J connectivity index is 2.31. The van der Waals surface area contributed by atoms with Gasteiger partial charge in [0.05, 0.1) is 6.42 Å². The summed E-state index contributed by atoms with van der Waals surface area (Å²) in [7, 11) is 2.08. The molecule has 0 aliphatic heterocycles. The first kappa shape index (κ1) is 15.6. The van der Waals surface area contributed by atoms with Gasteiger partial charge in [0.15, 0.2) is 0 Å². The van der Waals surface area contributed by atoms with Gasteiger partial charge < -0.3 is 9.67 Å². The molecular formula is C17H24N2O2. The summed E-state index contributed by atoms with van der Waals surface area (Å²) >= 11 is 0. The van der Waals surface area contributed by atoms with Gasteiger partial charge in [-0.3, -0.25) is 9.69 Å². The largest absolute Gasteiger partial charge is 0.481 e. The van der Waals surface area contributed by atoms with E-state index in [1.54, 1.807) is 0 Å². The summed E-state index contributed by atoms with van der Waals surface area (Å²) in [6.45, 7) is 7.83. The van der Waals surface area contributed by atoms with Gasteiger partial charge in [-0.15, -0.1) is 0 Å². The van der Waals surface area contributed by atoms with Gasteiger partial charge in [0.1, 0.15) is 0 Å². The van der Waals surface area contributed by atoms with E-state index >= 15 is 0 Å². The third-order valence-electron chi connectivity index (χ3n) is 4.36. The van der Waals surface area contributed by atoms with Crippen LogP contribution in [-0.2, 0) is 18.4 Å². The number of hydrogen-bond acceptors (Lipinski definition) is 2. The molecular weight excluding hydrogens is 264 g/mol. The van der Waals surface area contributed by atoms with Crippen molar-refractivity contribution in [3.05, 3.63) is 35.5 Å². The van der Waals surface area contributed by atoms with Crippen molar-refractivity contribution in [3.63, 3.8) is 0 Å². The SMILES string of the molecule is CCN(Cc1c(C)c2ccccc2n1C)C(C)CC(=O)O. The van der Waals surface area contributed by atoms with Crippen molar-refractivity contribution in [2.24, 2.45) is 7.05 Å². The molecule has 0 bridgehead atoms. The van der Waals surface area contributed by atoms with Crippen molar-refractivity contribution >= 4 is 16.9 Å². The van der Waals surface area contributed by atoms with Crippen LogP contribution in [0.4, 0.5) is 0 Å². The smallest absolute Gasteiger partial charge is 0.304 e. The van der Waals surface area contributed by atoms with E-state index in [0.29, 0.717) is 0 Å². The minimum Gasteiger partial charge on any atom is -0.481 e. The highest BCUT2D eigenvalue weighted by atomic mass is 16.4. The van der Waals surface area contributed by atoms with Crippen LogP contribution < -0.4 is 0 Å². The van der Waals surface area contributed by atoms with Crippen molar-refractivity contribution in [2.45, 2.75) is 39.8 Å².